The zero-order valence-corrected chi connectivity index (χ0v) is 16.3. The van der Waals surface area contributed by atoms with Crippen LogP contribution in [0.1, 0.15) is 32.7 Å². The van der Waals surface area contributed by atoms with Gasteiger partial charge in [-0.2, -0.15) is 0 Å². The van der Waals surface area contributed by atoms with E-state index in [1.54, 1.807) is 54.0 Å². The minimum atomic E-state index is -0.0750. The molecule has 0 atom stereocenters. The number of aryl methyl sites for hydroxylation is 1. The van der Waals surface area contributed by atoms with Crippen molar-refractivity contribution in [3.8, 4) is 0 Å². The summed E-state index contributed by atoms with van der Waals surface area (Å²) in [7, 11) is 1.85. The van der Waals surface area contributed by atoms with Gasteiger partial charge in [0.1, 0.15) is 0 Å². The molecule has 0 fully saturated rings. The highest BCUT2D eigenvalue weighted by molar-refractivity contribution is 6.30. The van der Waals surface area contributed by atoms with E-state index in [4.69, 9.17) is 11.6 Å². The smallest absolute Gasteiger partial charge is 0.262 e. The molecule has 0 aliphatic carbocycles. The largest absolute Gasteiger partial charge is 0.320 e. The second-order valence-electron chi connectivity index (χ2n) is 6.78. The molecule has 0 amide bonds. The van der Waals surface area contributed by atoms with Gasteiger partial charge in [0, 0.05) is 47.6 Å². The predicted molar refractivity (Wildman–Crippen MR) is 109 cm³/mol. The third kappa shape index (κ3) is 3.25. The van der Waals surface area contributed by atoms with Crippen LogP contribution in [0.4, 0.5) is 0 Å². The lowest BCUT2D eigenvalue weighted by Gasteiger charge is -2.08. The lowest BCUT2D eigenvalue weighted by molar-refractivity contribution is 0.103. The van der Waals surface area contributed by atoms with Crippen LogP contribution < -0.4 is 5.56 Å². The first-order valence-corrected chi connectivity index (χ1v) is 9.24. The van der Waals surface area contributed by atoms with Crippen molar-refractivity contribution in [1.29, 1.82) is 0 Å². The van der Waals surface area contributed by atoms with Crippen LogP contribution in [0, 0.1) is 6.92 Å². The van der Waals surface area contributed by atoms with Crippen molar-refractivity contribution in [2.24, 2.45) is 7.05 Å². The van der Waals surface area contributed by atoms with E-state index >= 15 is 0 Å². The molecular weight excluding hydrogens is 374 g/mol. The molecule has 4 rings (SSSR count). The zero-order valence-electron chi connectivity index (χ0n) is 15.5. The van der Waals surface area contributed by atoms with Crippen molar-refractivity contribution < 1.29 is 4.79 Å². The molecule has 0 radical (unpaired) electrons. The van der Waals surface area contributed by atoms with Crippen LogP contribution in [0.15, 0.2) is 65.7 Å². The van der Waals surface area contributed by atoms with Crippen LogP contribution in [0.2, 0.25) is 5.02 Å². The molecule has 2 aromatic heterocycles. The SMILES string of the molecule is Cc1c(Cc2cccc(C(=O)c3ccc(Cl)cc3)c2)nc2n(C)ccn2c1=O. The Balaban J connectivity index is 1.69. The fraction of sp³-hybridized carbons (Fsp3) is 0.136. The van der Waals surface area contributed by atoms with Gasteiger partial charge in [-0.1, -0.05) is 29.8 Å². The predicted octanol–water partition coefficient (Wildman–Crippen LogP) is 3.82. The topological polar surface area (TPSA) is 56.4 Å². The molecule has 6 heteroatoms. The monoisotopic (exact) mass is 391 g/mol. The second kappa shape index (κ2) is 7.09. The summed E-state index contributed by atoms with van der Waals surface area (Å²) in [6.45, 7) is 1.78. The molecule has 0 aliphatic rings. The number of aromatic nitrogens is 3. The van der Waals surface area contributed by atoms with Gasteiger partial charge in [0.25, 0.3) is 5.56 Å². The molecule has 0 saturated heterocycles. The van der Waals surface area contributed by atoms with Crippen molar-refractivity contribution >= 4 is 23.2 Å². The summed E-state index contributed by atoms with van der Waals surface area (Å²) in [5.41, 5.74) is 3.34. The number of ketones is 1. The Bertz CT molecular complexity index is 1250. The van der Waals surface area contributed by atoms with E-state index < -0.39 is 0 Å². The molecule has 0 unspecified atom stereocenters. The molecule has 2 heterocycles. The van der Waals surface area contributed by atoms with Crippen LogP contribution in [0.25, 0.3) is 5.78 Å². The summed E-state index contributed by atoms with van der Waals surface area (Å²) in [5, 5.41) is 0.592. The van der Waals surface area contributed by atoms with Crippen LogP contribution in [0.3, 0.4) is 0 Å². The number of fused-ring (bicyclic) bond motifs is 1. The quantitative estimate of drug-likeness (QED) is 0.497. The van der Waals surface area contributed by atoms with E-state index in [0.717, 1.165) is 5.56 Å². The van der Waals surface area contributed by atoms with Gasteiger partial charge in [0.2, 0.25) is 5.78 Å². The van der Waals surface area contributed by atoms with Gasteiger partial charge >= 0.3 is 0 Å². The fourth-order valence-corrected chi connectivity index (χ4v) is 3.35. The lowest BCUT2D eigenvalue weighted by Crippen LogP contribution is -2.20. The van der Waals surface area contributed by atoms with Crippen molar-refractivity contribution in [3.63, 3.8) is 0 Å². The third-order valence-corrected chi connectivity index (χ3v) is 5.10. The van der Waals surface area contributed by atoms with E-state index in [1.807, 2.05) is 29.8 Å². The molecule has 4 aromatic rings. The Hall–Kier alpha value is -3.18. The number of benzene rings is 2. The van der Waals surface area contributed by atoms with Gasteiger partial charge in [-0.05, 0) is 42.8 Å². The average Bonchev–Trinajstić information content (AvgIpc) is 3.07. The Labute approximate surface area is 166 Å². The van der Waals surface area contributed by atoms with Gasteiger partial charge in [-0.25, -0.2) is 4.98 Å². The minimum Gasteiger partial charge on any atom is -0.320 e. The van der Waals surface area contributed by atoms with Crippen LogP contribution in [0.5, 0.6) is 0 Å². The Morgan fingerprint density at radius 1 is 1.07 bits per heavy atom. The van der Waals surface area contributed by atoms with Crippen LogP contribution in [-0.2, 0) is 13.5 Å². The minimum absolute atomic E-state index is 0.0684. The highest BCUT2D eigenvalue weighted by Crippen LogP contribution is 2.17. The van der Waals surface area contributed by atoms with E-state index in [2.05, 4.69) is 4.98 Å². The van der Waals surface area contributed by atoms with Crippen molar-refractivity contribution in [3.05, 3.63) is 104 Å². The first-order valence-electron chi connectivity index (χ1n) is 8.86. The molecule has 28 heavy (non-hydrogen) atoms. The number of nitrogens with zero attached hydrogens (tertiary/aromatic N) is 3. The molecule has 0 spiro atoms. The van der Waals surface area contributed by atoms with Crippen LogP contribution in [-0.4, -0.2) is 19.7 Å². The maximum absolute atomic E-state index is 12.8. The molecule has 2 aromatic carbocycles. The lowest BCUT2D eigenvalue weighted by atomic mass is 9.99. The number of halogens is 1. The summed E-state index contributed by atoms with van der Waals surface area (Å²) in [4.78, 5) is 30.0. The number of hydrogen-bond acceptors (Lipinski definition) is 3. The fourth-order valence-electron chi connectivity index (χ4n) is 3.23. The van der Waals surface area contributed by atoms with Gasteiger partial charge in [-0.15, -0.1) is 0 Å². The number of hydrogen-bond donors (Lipinski definition) is 0. The number of carbonyl (C=O) groups excluding carboxylic acids is 1. The second-order valence-corrected chi connectivity index (χ2v) is 7.22. The Morgan fingerprint density at radius 3 is 2.57 bits per heavy atom. The van der Waals surface area contributed by atoms with Crippen molar-refractivity contribution in [1.82, 2.24) is 14.0 Å². The molecular formula is C22H18ClN3O2. The molecule has 0 aliphatic heterocycles. The van der Waals surface area contributed by atoms with E-state index in [-0.39, 0.29) is 11.3 Å². The summed E-state index contributed by atoms with van der Waals surface area (Å²) >= 11 is 5.90. The summed E-state index contributed by atoms with van der Waals surface area (Å²) in [6, 6.07) is 14.3. The number of imidazole rings is 1. The maximum Gasteiger partial charge on any atom is 0.262 e. The summed E-state index contributed by atoms with van der Waals surface area (Å²) < 4.78 is 3.35. The van der Waals surface area contributed by atoms with E-state index in [9.17, 15) is 9.59 Å². The van der Waals surface area contributed by atoms with Gasteiger partial charge in [-0.3, -0.25) is 14.0 Å². The molecule has 0 saturated carbocycles. The Morgan fingerprint density at radius 2 is 1.82 bits per heavy atom. The third-order valence-electron chi connectivity index (χ3n) is 4.84. The van der Waals surface area contributed by atoms with E-state index in [1.165, 1.54) is 0 Å². The highest BCUT2D eigenvalue weighted by atomic mass is 35.5. The number of rotatable bonds is 4. The molecule has 0 N–H and O–H groups in total. The highest BCUT2D eigenvalue weighted by Gasteiger charge is 2.13. The summed E-state index contributed by atoms with van der Waals surface area (Å²) in [5.74, 6) is 0.528. The molecule has 140 valence electrons. The molecule has 5 nitrogen and oxygen atoms in total. The van der Waals surface area contributed by atoms with Gasteiger partial charge < -0.3 is 4.57 Å². The average molecular weight is 392 g/mol. The van der Waals surface area contributed by atoms with E-state index in [0.29, 0.717) is 39.6 Å². The number of carbonyl (C=O) groups is 1. The standard InChI is InChI=1S/C22H18ClN3O2/c1-14-19(24-22-25(2)10-11-26(22)21(14)28)13-15-4-3-5-17(12-15)20(27)16-6-8-18(23)9-7-16/h3-12H,13H2,1-2H3. The van der Waals surface area contributed by atoms with Crippen LogP contribution >= 0.6 is 11.6 Å². The van der Waals surface area contributed by atoms with Gasteiger partial charge in [0.15, 0.2) is 5.78 Å². The first kappa shape index (κ1) is 18.2. The normalized spacial score (nSPS) is 11.1. The first-order chi connectivity index (χ1) is 13.4. The zero-order chi connectivity index (χ0) is 19.8. The van der Waals surface area contributed by atoms with Crippen molar-refractivity contribution in [2.45, 2.75) is 13.3 Å². The van der Waals surface area contributed by atoms with Gasteiger partial charge in [0.05, 0.1) is 5.69 Å². The van der Waals surface area contributed by atoms with Crippen molar-refractivity contribution in [2.75, 3.05) is 0 Å². The summed E-state index contributed by atoms with van der Waals surface area (Å²) in [6.07, 6.45) is 4.00. The molecule has 0 bridgehead atoms. The maximum atomic E-state index is 12.8. The Kier molecular flexibility index (Phi) is 4.61.